The van der Waals surface area contributed by atoms with Crippen LogP contribution in [0.5, 0.6) is 0 Å². The standard InChI is InChI=1S/C8H12O2/c1-3-4-5-6-7-10-8(2)9/h5-7H2,1-2H3. The molecule has 0 amide bonds. The Balaban J connectivity index is 3.03. The molecule has 0 fully saturated rings. The summed E-state index contributed by atoms with van der Waals surface area (Å²) >= 11 is 0. The zero-order chi connectivity index (χ0) is 7.82. The first-order chi connectivity index (χ1) is 4.77. The van der Waals surface area contributed by atoms with Gasteiger partial charge in [-0.25, -0.2) is 0 Å². The molecular formula is C8H12O2. The maximum Gasteiger partial charge on any atom is 0.302 e. The SMILES string of the molecule is CC#CCCCOC(C)=O. The average Bonchev–Trinajstić information content (AvgIpc) is 1.87. The lowest BCUT2D eigenvalue weighted by molar-refractivity contribution is -0.141. The van der Waals surface area contributed by atoms with E-state index in [1.165, 1.54) is 6.92 Å². The van der Waals surface area contributed by atoms with E-state index >= 15 is 0 Å². The smallest absolute Gasteiger partial charge is 0.302 e. The van der Waals surface area contributed by atoms with Gasteiger partial charge in [-0.2, -0.15) is 0 Å². The van der Waals surface area contributed by atoms with Gasteiger partial charge >= 0.3 is 5.97 Å². The first kappa shape index (κ1) is 9.03. The molecular weight excluding hydrogens is 128 g/mol. The Bertz CT molecular complexity index is 150. The molecule has 10 heavy (non-hydrogen) atoms. The van der Waals surface area contributed by atoms with Gasteiger partial charge in [-0.15, -0.1) is 11.8 Å². The molecule has 0 aromatic rings. The summed E-state index contributed by atoms with van der Waals surface area (Å²) in [6.07, 6.45) is 1.64. The number of carbonyl (C=O) groups excluding carboxylic acids is 1. The second-order valence-corrected chi connectivity index (χ2v) is 1.87. The molecule has 56 valence electrons. The number of carbonyl (C=O) groups is 1. The van der Waals surface area contributed by atoms with E-state index in [-0.39, 0.29) is 5.97 Å². The van der Waals surface area contributed by atoms with E-state index in [0.717, 1.165) is 12.8 Å². The number of unbranched alkanes of at least 4 members (excludes halogenated alkanes) is 1. The predicted molar refractivity (Wildman–Crippen MR) is 39.3 cm³/mol. The average molecular weight is 140 g/mol. The second-order valence-electron chi connectivity index (χ2n) is 1.87. The van der Waals surface area contributed by atoms with Crippen molar-refractivity contribution in [1.29, 1.82) is 0 Å². The monoisotopic (exact) mass is 140 g/mol. The van der Waals surface area contributed by atoms with Crippen molar-refractivity contribution < 1.29 is 9.53 Å². The van der Waals surface area contributed by atoms with Crippen molar-refractivity contribution >= 4 is 5.97 Å². The van der Waals surface area contributed by atoms with Crippen molar-refractivity contribution in [3.8, 4) is 11.8 Å². The molecule has 0 bridgehead atoms. The Labute approximate surface area is 61.6 Å². The van der Waals surface area contributed by atoms with E-state index in [1.54, 1.807) is 6.92 Å². The second kappa shape index (κ2) is 6.15. The van der Waals surface area contributed by atoms with Crippen LogP contribution < -0.4 is 0 Å². The van der Waals surface area contributed by atoms with Crippen LogP contribution in [-0.2, 0) is 9.53 Å². The highest BCUT2D eigenvalue weighted by Gasteiger charge is 1.89. The number of ether oxygens (including phenoxy) is 1. The van der Waals surface area contributed by atoms with Gasteiger partial charge in [0, 0.05) is 13.3 Å². The molecule has 0 aromatic heterocycles. The fourth-order valence-corrected chi connectivity index (χ4v) is 0.501. The van der Waals surface area contributed by atoms with Gasteiger partial charge in [-0.05, 0) is 13.3 Å². The highest BCUT2D eigenvalue weighted by Crippen LogP contribution is 1.87. The van der Waals surface area contributed by atoms with Gasteiger partial charge in [0.2, 0.25) is 0 Å². The molecule has 2 nitrogen and oxygen atoms in total. The lowest BCUT2D eigenvalue weighted by atomic mass is 10.3. The summed E-state index contributed by atoms with van der Waals surface area (Å²) in [6, 6.07) is 0. The first-order valence-corrected chi connectivity index (χ1v) is 3.30. The van der Waals surface area contributed by atoms with Crippen molar-refractivity contribution in [2.45, 2.75) is 26.7 Å². The van der Waals surface area contributed by atoms with Gasteiger partial charge in [0.25, 0.3) is 0 Å². The van der Waals surface area contributed by atoms with Gasteiger partial charge in [0.05, 0.1) is 6.61 Å². The zero-order valence-corrected chi connectivity index (χ0v) is 6.44. The molecule has 2 heteroatoms. The maximum atomic E-state index is 10.2. The third kappa shape index (κ3) is 7.03. The molecule has 0 aromatic carbocycles. The molecule has 0 radical (unpaired) electrons. The Morgan fingerprint density at radius 1 is 1.60 bits per heavy atom. The summed E-state index contributed by atoms with van der Waals surface area (Å²) in [7, 11) is 0. The highest BCUT2D eigenvalue weighted by atomic mass is 16.5. The topological polar surface area (TPSA) is 26.3 Å². The summed E-state index contributed by atoms with van der Waals surface area (Å²) in [4.78, 5) is 10.2. The van der Waals surface area contributed by atoms with Crippen LogP contribution in [0.4, 0.5) is 0 Å². The summed E-state index contributed by atoms with van der Waals surface area (Å²) in [5.41, 5.74) is 0. The third-order valence-electron chi connectivity index (χ3n) is 0.928. The van der Waals surface area contributed by atoms with Crippen LogP contribution in [0.2, 0.25) is 0 Å². The number of hydrogen-bond donors (Lipinski definition) is 0. The van der Waals surface area contributed by atoms with Crippen molar-refractivity contribution in [3.63, 3.8) is 0 Å². The first-order valence-electron chi connectivity index (χ1n) is 3.30. The molecule has 0 unspecified atom stereocenters. The molecule has 0 rings (SSSR count). The molecule has 0 saturated carbocycles. The Morgan fingerprint density at radius 2 is 2.30 bits per heavy atom. The highest BCUT2D eigenvalue weighted by molar-refractivity contribution is 5.65. The summed E-state index contributed by atoms with van der Waals surface area (Å²) in [5.74, 6) is 5.43. The van der Waals surface area contributed by atoms with Crippen LogP contribution in [-0.4, -0.2) is 12.6 Å². The lowest BCUT2D eigenvalue weighted by Crippen LogP contribution is -1.99. The summed E-state index contributed by atoms with van der Waals surface area (Å²) < 4.78 is 4.68. The van der Waals surface area contributed by atoms with Gasteiger partial charge < -0.3 is 4.74 Å². The fraction of sp³-hybridized carbons (Fsp3) is 0.625. The number of rotatable bonds is 3. The van der Waals surface area contributed by atoms with Gasteiger partial charge in [0.15, 0.2) is 0 Å². The molecule has 0 aliphatic rings. The van der Waals surface area contributed by atoms with Crippen LogP contribution in [0, 0.1) is 11.8 Å². The Hall–Kier alpha value is -0.970. The van der Waals surface area contributed by atoms with E-state index in [0.29, 0.717) is 6.61 Å². The third-order valence-corrected chi connectivity index (χ3v) is 0.928. The summed E-state index contributed by atoms with van der Waals surface area (Å²) in [5, 5.41) is 0. The van der Waals surface area contributed by atoms with Crippen LogP contribution in [0.15, 0.2) is 0 Å². The minimum absolute atomic E-state index is 0.218. The maximum absolute atomic E-state index is 10.2. The zero-order valence-electron chi connectivity index (χ0n) is 6.44. The van der Waals surface area contributed by atoms with Crippen molar-refractivity contribution in [1.82, 2.24) is 0 Å². The summed E-state index contributed by atoms with van der Waals surface area (Å²) in [6.45, 7) is 3.70. The Morgan fingerprint density at radius 3 is 2.80 bits per heavy atom. The van der Waals surface area contributed by atoms with E-state index in [9.17, 15) is 4.79 Å². The van der Waals surface area contributed by atoms with E-state index in [4.69, 9.17) is 0 Å². The lowest BCUT2D eigenvalue weighted by Gasteiger charge is -1.96. The van der Waals surface area contributed by atoms with E-state index in [1.807, 2.05) is 0 Å². The van der Waals surface area contributed by atoms with Crippen LogP contribution in [0.3, 0.4) is 0 Å². The predicted octanol–water partition coefficient (Wildman–Crippen LogP) is 1.35. The Kier molecular flexibility index (Phi) is 5.56. The molecule has 0 aliphatic heterocycles. The van der Waals surface area contributed by atoms with Crippen molar-refractivity contribution in [2.24, 2.45) is 0 Å². The largest absolute Gasteiger partial charge is 0.466 e. The molecule has 0 aliphatic carbocycles. The van der Waals surface area contributed by atoms with Gasteiger partial charge in [-0.1, -0.05) is 0 Å². The molecule has 0 spiro atoms. The van der Waals surface area contributed by atoms with Crippen LogP contribution in [0.1, 0.15) is 26.7 Å². The van der Waals surface area contributed by atoms with Gasteiger partial charge in [-0.3, -0.25) is 4.79 Å². The van der Waals surface area contributed by atoms with E-state index in [2.05, 4.69) is 16.6 Å². The number of hydrogen-bond acceptors (Lipinski definition) is 2. The van der Waals surface area contributed by atoms with E-state index < -0.39 is 0 Å². The minimum atomic E-state index is -0.218. The van der Waals surface area contributed by atoms with Crippen molar-refractivity contribution in [2.75, 3.05) is 6.61 Å². The van der Waals surface area contributed by atoms with Crippen LogP contribution >= 0.6 is 0 Å². The quantitative estimate of drug-likeness (QED) is 0.336. The molecule has 0 atom stereocenters. The number of esters is 1. The minimum Gasteiger partial charge on any atom is -0.466 e. The van der Waals surface area contributed by atoms with Gasteiger partial charge in [0.1, 0.15) is 0 Å². The molecule has 0 N–H and O–H groups in total. The fourth-order valence-electron chi connectivity index (χ4n) is 0.501. The molecule has 0 heterocycles. The van der Waals surface area contributed by atoms with Crippen LogP contribution in [0.25, 0.3) is 0 Å². The normalized spacial score (nSPS) is 7.80. The van der Waals surface area contributed by atoms with Crippen molar-refractivity contribution in [3.05, 3.63) is 0 Å². The molecule has 0 saturated heterocycles.